The van der Waals surface area contributed by atoms with Crippen molar-refractivity contribution in [2.45, 2.75) is 6.92 Å². The lowest BCUT2D eigenvalue weighted by Gasteiger charge is -1.93. The fourth-order valence-electron chi connectivity index (χ4n) is 1.30. The lowest BCUT2D eigenvalue weighted by atomic mass is 10.1. The maximum atomic E-state index is 10.6. The number of aryl methyl sites for hydroxylation is 1. The summed E-state index contributed by atoms with van der Waals surface area (Å²) in [4.78, 5) is 10.6. The number of hydrogen-bond donors (Lipinski definition) is 0. The van der Waals surface area contributed by atoms with E-state index in [1.165, 1.54) is 10.9 Å². The molecule has 0 saturated carbocycles. The van der Waals surface area contributed by atoms with Crippen molar-refractivity contribution >= 4 is 27.7 Å². The van der Waals surface area contributed by atoms with Crippen molar-refractivity contribution in [3.05, 3.63) is 34.7 Å². The molecule has 0 aliphatic rings. The first-order valence-electron chi connectivity index (χ1n) is 3.75. The Balaban J connectivity index is 2.89. The average molecular weight is 176 g/mol. The van der Waals surface area contributed by atoms with Gasteiger partial charge in [-0.1, -0.05) is 18.2 Å². The van der Waals surface area contributed by atoms with Crippen molar-refractivity contribution in [2.24, 2.45) is 0 Å². The van der Waals surface area contributed by atoms with Crippen LogP contribution in [-0.4, -0.2) is 6.29 Å². The molecule has 2 rings (SSSR count). The Hall–Kier alpha value is -1.15. The zero-order valence-corrected chi connectivity index (χ0v) is 7.52. The van der Waals surface area contributed by atoms with Crippen LogP contribution in [0.2, 0.25) is 0 Å². The quantitative estimate of drug-likeness (QED) is 0.610. The summed E-state index contributed by atoms with van der Waals surface area (Å²) in [5.74, 6) is 0. The summed E-state index contributed by atoms with van der Waals surface area (Å²) in [5, 5.41) is 3.28. The summed E-state index contributed by atoms with van der Waals surface area (Å²) in [5.41, 5.74) is 2.05. The van der Waals surface area contributed by atoms with Crippen molar-refractivity contribution in [1.82, 2.24) is 0 Å². The predicted molar refractivity (Wildman–Crippen MR) is 51.9 cm³/mol. The summed E-state index contributed by atoms with van der Waals surface area (Å²) in [6.45, 7) is 2.06. The van der Waals surface area contributed by atoms with E-state index in [1.807, 2.05) is 18.2 Å². The van der Waals surface area contributed by atoms with Crippen molar-refractivity contribution in [3.8, 4) is 0 Å². The zero-order chi connectivity index (χ0) is 8.55. The third kappa shape index (κ3) is 0.959. The van der Waals surface area contributed by atoms with Crippen LogP contribution in [0, 0.1) is 6.92 Å². The first-order chi connectivity index (χ1) is 5.83. The second kappa shape index (κ2) is 2.72. The fourth-order valence-corrected chi connectivity index (χ4v) is 2.33. The van der Waals surface area contributed by atoms with Crippen LogP contribution >= 0.6 is 11.3 Å². The topological polar surface area (TPSA) is 17.1 Å². The van der Waals surface area contributed by atoms with Crippen LogP contribution in [0.25, 0.3) is 10.1 Å². The van der Waals surface area contributed by atoms with Gasteiger partial charge in [0.25, 0.3) is 0 Å². The Morgan fingerprint density at radius 2 is 2.25 bits per heavy atom. The molecule has 0 N–H and O–H groups in total. The van der Waals surface area contributed by atoms with Crippen LogP contribution in [0.1, 0.15) is 15.9 Å². The molecule has 2 aromatic rings. The number of aldehydes is 1. The highest BCUT2D eigenvalue weighted by Crippen LogP contribution is 2.27. The molecular formula is C10H8OS. The average Bonchev–Trinajstić information content (AvgIpc) is 2.48. The van der Waals surface area contributed by atoms with E-state index in [9.17, 15) is 4.79 Å². The third-order valence-corrected chi connectivity index (χ3v) is 3.11. The third-order valence-electron chi connectivity index (χ3n) is 1.95. The molecule has 1 nitrogen and oxygen atoms in total. The van der Waals surface area contributed by atoms with Gasteiger partial charge in [0.05, 0.1) is 0 Å². The number of benzene rings is 1. The van der Waals surface area contributed by atoms with E-state index in [0.29, 0.717) is 0 Å². The molecule has 0 spiro atoms. The van der Waals surface area contributed by atoms with Crippen molar-refractivity contribution in [3.63, 3.8) is 0 Å². The van der Waals surface area contributed by atoms with Gasteiger partial charge in [-0.05, 0) is 23.3 Å². The highest BCUT2D eigenvalue weighted by atomic mass is 32.1. The molecule has 0 aliphatic heterocycles. The minimum Gasteiger partial charge on any atom is -0.298 e. The number of carbonyl (C=O) groups is 1. The SMILES string of the molecule is Cc1csc2c(C=O)cccc12. The first kappa shape index (κ1) is 7.50. The summed E-state index contributed by atoms with van der Waals surface area (Å²) in [7, 11) is 0. The van der Waals surface area contributed by atoms with Gasteiger partial charge in [0.2, 0.25) is 0 Å². The molecule has 0 saturated heterocycles. The summed E-state index contributed by atoms with van der Waals surface area (Å²) in [6.07, 6.45) is 0.915. The van der Waals surface area contributed by atoms with Crippen LogP contribution < -0.4 is 0 Å². The molecule has 60 valence electrons. The van der Waals surface area contributed by atoms with Gasteiger partial charge in [-0.15, -0.1) is 11.3 Å². The Morgan fingerprint density at radius 1 is 1.42 bits per heavy atom. The van der Waals surface area contributed by atoms with Crippen molar-refractivity contribution in [2.75, 3.05) is 0 Å². The van der Waals surface area contributed by atoms with Gasteiger partial charge >= 0.3 is 0 Å². The van der Waals surface area contributed by atoms with Gasteiger partial charge < -0.3 is 0 Å². The van der Waals surface area contributed by atoms with Gasteiger partial charge in [-0.3, -0.25) is 4.79 Å². The highest BCUT2D eigenvalue weighted by molar-refractivity contribution is 7.17. The van der Waals surface area contributed by atoms with E-state index < -0.39 is 0 Å². The number of carbonyl (C=O) groups excluding carboxylic acids is 1. The van der Waals surface area contributed by atoms with Crippen LogP contribution in [-0.2, 0) is 0 Å². The Morgan fingerprint density at radius 3 is 3.00 bits per heavy atom. The molecule has 0 atom stereocenters. The monoisotopic (exact) mass is 176 g/mol. The number of fused-ring (bicyclic) bond motifs is 1. The van der Waals surface area contributed by atoms with E-state index in [0.717, 1.165) is 16.5 Å². The van der Waals surface area contributed by atoms with Crippen LogP contribution in [0.3, 0.4) is 0 Å². The molecule has 0 bridgehead atoms. The van der Waals surface area contributed by atoms with Gasteiger partial charge in [-0.25, -0.2) is 0 Å². The second-order valence-corrected chi connectivity index (χ2v) is 3.64. The Labute approximate surface area is 74.6 Å². The summed E-state index contributed by atoms with van der Waals surface area (Å²) in [6, 6.07) is 5.82. The number of hydrogen-bond acceptors (Lipinski definition) is 2. The second-order valence-electron chi connectivity index (χ2n) is 2.76. The number of rotatable bonds is 1. The van der Waals surface area contributed by atoms with E-state index in [1.54, 1.807) is 11.3 Å². The number of thiophene rings is 1. The van der Waals surface area contributed by atoms with E-state index >= 15 is 0 Å². The van der Waals surface area contributed by atoms with E-state index in [-0.39, 0.29) is 0 Å². The predicted octanol–water partition coefficient (Wildman–Crippen LogP) is 3.02. The molecule has 0 amide bonds. The molecule has 0 aliphatic carbocycles. The smallest absolute Gasteiger partial charge is 0.151 e. The lowest BCUT2D eigenvalue weighted by molar-refractivity contribution is 0.112. The minimum atomic E-state index is 0.797. The summed E-state index contributed by atoms with van der Waals surface area (Å²) < 4.78 is 1.10. The van der Waals surface area contributed by atoms with Gasteiger partial charge in [0, 0.05) is 10.3 Å². The van der Waals surface area contributed by atoms with Gasteiger partial charge in [-0.2, -0.15) is 0 Å². The lowest BCUT2D eigenvalue weighted by Crippen LogP contribution is -1.78. The van der Waals surface area contributed by atoms with Crippen LogP contribution in [0.15, 0.2) is 23.6 Å². The maximum Gasteiger partial charge on any atom is 0.151 e. The van der Waals surface area contributed by atoms with Crippen molar-refractivity contribution in [1.29, 1.82) is 0 Å². The zero-order valence-electron chi connectivity index (χ0n) is 6.70. The highest BCUT2D eigenvalue weighted by Gasteiger charge is 2.02. The van der Waals surface area contributed by atoms with Crippen LogP contribution in [0.4, 0.5) is 0 Å². The first-order valence-corrected chi connectivity index (χ1v) is 4.63. The Kier molecular flexibility index (Phi) is 1.70. The molecule has 0 unspecified atom stereocenters. The molecule has 12 heavy (non-hydrogen) atoms. The van der Waals surface area contributed by atoms with E-state index in [4.69, 9.17) is 0 Å². The van der Waals surface area contributed by atoms with E-state index in [2.05, 4.69) is 12.3 Å². The van der Waals surface area contributed by atoms with Crippen molar-refractivity contribution < 1.29 is 4.79 Å². The largest absolute Gasteiger partial charge is 0.298 e. The molecule has 0 fully saturated rings. The normalized spacial score (nSPS) is 10.4. The minimum absolute atomic E-state index is 0.797. The van der Waals surface area contributed by atoms with Crippen LogP contribution in [0.5, 0.6) is 0 Å². The maximum absolute atomic E-state index is 10.6. The Bertz CT molecular complexity index is 428. The molecule has 1 aromatic carbocycles. The van der Waals surface area contributed by atoms with Gasteiger partial charge in [0.15, 0.2) is 6.29 Å². The molecular weight excluding hydrogens is 168 g/mol. The fraction of sp³-hybridized carbons (Fsp3) is 0.100. The molecule has 1 aromatic heterocycles. The van der Waals surface area contributed by atoms with Gasteiger partial charge in [0.1, 0.15) is 0 Å². The molecule has 1 heterocycles. The standard InChI is InChI=1S/C10H8OS/c1-7-6-12-10-8(5-11)3-2-4-9(7)10/h2-6H,1H3. The molecule has 0 radical (unpaired) electrons. The summed E-state index contributed by atoms with van der Waals surface area (Å²) >= 11 is 1.63. The molecule has 2 heteroatoms.